The van der Waals surface area contributed by atoms with Crippen molar-refractivity contribution < 1.29 is 13.5 Å². The summed E-state index contributed by atoms with van der Waals surface area (Å²) in [6, 6.07) is 10.2. The lowest BCUT2D eigenvalue weighted by Crippen LogP contribution is -1.99. The lowest BCUT2D eigenvalue weighted by molar-refractivity contribution is 0.298. The summed E-state index contributed by atoms with van der Waals surface area (Å²) in [5.41, 5.74) is 0.601. The summed E-state index contributed by atoms with van der Waals surface area (Å²) in [5.74, 6) is -0.622. The fourth-order valence-corrected chi connectivity index (χ4v) is 1.73. The maximum absolute atomic E-state index is 13.5. The minimum atomic E-state index is -0.461. The second-order valence-corrected chi connectivity index (χ2v) is 4.64. The maximum atomic E-state index is 13.5. The number of benzene rings is 2. The van der Waals surface area contributed by atoms with Crippen LogP contribution >= 0.6 is 15.9 Å². The van der Waals surface area contributed by atoms with Crippen molar-refractivity contribution in [2.75, 3.05) is 0 Å². The molecule has 2 rings (SSSR count). The van der Waals surface area contributed by atoms with Gasteiger partial charge in [0.2, 0.25) is 0 Å². The molecule has 0 aliphatic heterocycles. The van der Waals surface area contributed by atoms with Gasteiger partial charge in [0, 0.05) is 11.6 Å². The first-order chi connectivity index (χ1) is 9.10. The minimum absolute atomic E-state index is 0.0670. The van der Waals surface area contributed by atoms with Gasteiger partial charge < -0.3 is 4.74 Å². The van der Waals surface area contributed by atoms with Gasteiger partial charge in [0.1, 0.15) is 24.0 Å². The van der Waals surface area contributed by atoms with E-state index in [1.165, 1.54) is 30.3 Å². The van der Waals surface area contributed by atoms with Crippen LogP contribution in [0.1, 0.15) is 11.1 Å². The van der Waals surface area contributed by atoms with Crippen LogP contribution in [0.5, 0.6) is 5.75 Å². The molecule has 0 saturated heterocycles. The highest BCUT2D eigenvalue weighted by molar-refractivity contribution is 9.10. The van der Waals surface area contributed by atoms with Crippen LogP contribution in [0.2, 0.25) is 0 Å². The lowest BCUT2D eigenvalue weighted by atomic mass is 10.1. The molecule has 0 bridgehead atoms. The smallest absolute Gasteiger partial charge is 0.141 e. The number of hydrogen-bond acceptors (Lipinski definition) is 2. The molecule has 0 heterocycles. The molecule has 0 aliphatic rings. The van der Waals surface area contributed by atoms with E-state index in [2.05, 4.69) is 15.9 Å². The summed E-state index contributed by atoms with van der Waals surface area (Å²) in [6.07, 6.45) is 0. The third-order valence-electron chi connectivity index (χ3n) is 2.46. The number of nitriles is 1. The third kappa shape index (κ3) is 3.30. The molecule has 19 heavy (non-hydrogen) atoms. The molecule has 0 atom stereocenters. The van der Waals surface area contributed by atoms with Crippen LogP contribution in [-0.2, 0) is 6.61 Å². The van der Waals surface area contributed by atoms with E-state index in [0.29, 0.717) is 15.8 Å². The molecular weight excluding hydrogens is 316 g/mol. The monoisotopic (exact) mass is 323 g/mol. The van der Waals surface area contributed by atoms with E-state index in [1.54, 1.807) is 6.07 Å². The largest absolute Gasteiger partial charge is 0.489 e. The fraction of sp³-hybridized carbons (Fsp3) is 0.0714. The van der Waals surface area contributed by atoms with Gasteiger partial charge in [-0.25, -0.2) is 8.78 Å². The van der Waals surface area contributed by atoms with E-state index in [9.17, 15) is 8.78 Å². The van der Waals surface area contributed by atoms with Gasteiger partial charge in [0.05, 0.1) is 16.1 Å². The molecule has 0 saturated carbocycles. The Balaban J connectivity index is 2.14. The molecule has 0 radical (unpaired) electrons. The molecule has 5 heteroatoms. The van der Waals surface area contributed by atoms with Crippen molar-refractivity contribution in [3.8, 4) is 11.8 Å². The Hall–Kier alpha value is -1.93. The first-order valence-electron chi connectivity index (χ1n) is 5.36. The van der Waals surface area contributed by atoms with Gasteiger partial charge in [-0.2, -0.15) is 5.26 Å². The molecule has 0 N–H and O–H groups in total. The van der Waals surface area contributed by atoms with Crippen LogP contribution in [0, 0.1) is 23.0 Å². The first kappa shape index (κ1) is 13.5. The van der Waals surface area contributed by atoms with Crippen LogP contribution in [0.4, 0.5) is 8.78 Å². The second kappa shape index (κ2) is 5.81. The molecule has 0 amide bonds. The molecule has 0 aliphatic carbocycles. The van der Waals surface area contributed by atoms with Crippen molar-refractivity contribution in [3.63, 3.8) is 0 Å². The summed E-state index contributed by atoms with van der Waals surface area (Å²) >= 11 is 3.03. The van der Waals surface area contributed by atoms with Crippen molar-refractivity contribution in [2.24, 2.45) is 0 Å². The molecule has 2 aromatic rings. The number of ether oxygens (including phenoxy) is 1. The normalized spacial score (nSPS) is 10.0. The topological polar surface area (TPSA) is 33.0 Å². The summed E-state index contributed by atoms with van der Waals surface area (Å²) in [5, 5.41) is 8.74. The average Bonchev–Trinajstić information content (AvgIpc) is 2.41. The predicted molar refractivity (Wildman–Crippen MR) is 69.5 cm³/mol. The Morgan fingerprint density at radius 1 is 1.11 bits per heavy atom. The third-order valence-corrected chi connectivity index (χ3v) is 3.10. The summed E-state index contributed by atoms with van der Waals surface area (Å²) in [4.78, 5) is 0. The van der Waals surface area contributed by atoms with Crippen molar-refractivity contribution in [3.05, 3.63) is 63.6 Å². The predicted octanol–water partition coefficient (Wildman–Crippen LogP) is 4.18. The van der Waals surface area contributed by atoms with Crippen molar-refractivity contribution >= 4 is 15.9 Å². The first-order valence-corrected chi connectivity index (χ1v) is 6.16. The zero-order chi connectivity index (χ0) is 13.8. The Morgan fingerprint density at radius 3 is 2.58 bits per heavy atom. The molecule has 0 fully saturated rings. The van der Waals surface area contributed by atoms with Crippen LogP contribution in [-0.4, -0.2) is 0 Å². The van der Waals surface area contributed by atoms with Gasteiger partial charge in [-0.3, -0.25) is 0 Å². The van der Waals surface area contributed by atoms with Gasteiger partial charge in [0.15, 0.2) is 0 Å². The fourth-order valence-electron chi connectivity index (χ4n) is 1.48. The SMILES string of the molecule is N#Cc1ccc(F)c(COc2ccc(Br)c(F)c2)c1. The van der Waals surface area contributed by atoms with Crippen LogP contribution < -0.4 is 4.74 Å². The van der Waals surface area contributed by atoms with Crippen molar-refractivity contribution in [2.45, 2.75) is 6.61 Å². The Labute approximate surface area is 117 Å². The van der Waals surface area contributed by atoms with Crippen LogP contribution in [0.25, 0.3) is 0 Å². The van der Waals surface area contributed by atoms with Crippen molar-refractivity contribution in [1.29, 1.82) is 5.26 Å². The highest BCUT2D eigenvalue weighted by atomic mass is 79.9. The van der Waals surface area contributed by atoms with Crippen LogP contribution in [0.3, 0.4) is 0 Å². The molecule has 2 aromatic carbocycles. The van der Waals surface area contributed by atoms with E-state index >= 15 is 0 Å². The molecule has 0 unspecified atom stereocenters. The molecule has 0 spiro atoms. The molecular formula is C14H8BrF2NO. The quantitative estimate of drug-likeness (QED) is 0.849. The van der Waals surface area contributed by atoms with E-state index in [-0.39, 0.29) is 12.2 Å². The van der Waals surface area contributed by atoms with Gasteiger partial charge in [-0.05, 0) is 46.3 Å². The molecule has 96 valence electrons. The average molecular weight is 324 g/mol. The molecule has 2 nitrogen and oxygen atoms in total. The zero-order valence-electron chi connectivity index (χ0n) is 9.66. The molecule has 0 aromatic heterocycles. The van der Waals surface area contributed by atoms with E-state index < -0.39 is 11.6 Å². The van der Waals surface area contributed by atoms with Gasteiger partial charge in [-0.1, -0.05) is 0 Å². The Kier molecular flexibility index (Phi) is 4.13. The number of nitrogens with zero attached hydrogens (tertiary/aromatic N) is 1. The van der Waals surface area contributed by atoms with E-state index in [1.807, 2.05) is 6.07 Å². The Morgan fingerprint density at radius 2 is 1.89 bits per heavy atom. The summed E-state index contributed by atoms with van der Waals surface area (Å²) < 4.78 is 32.4. The number of halogens is 3. The lowest BCUT2D eigenvalue weighted by Gasteiger charge is -2.08. The summed E-state index contributed by atoms with van der Waals surface area (Å²) in [7, 11) is 0. The second-order valence-electron chi connectivity index (χ2n) is 3.78. The van der Waals surface area contributed by atoms with Gasteiger partial charge in [0.25, 0.3) is 0 Å². The zero-order valence-corrected chi connectivity index (χ0v) is 11.2. The summed E-state index contributed by atoms with van der Waals surface area (Å²) in [6.45, 7) is -0.0670. The van der Waals surface area contributed by atoms with Gasteiger partial charge >= 0.3 is 0 Å². The Bertz CT molecular complexity index is 652. The number of hydrogen-bond donors (Lipinski definition) is 0. The van der Waals surface area contributed by atoms with Crippen molar-refractivity contribution in [1.82, 2.24) is 0 Å². The van der Waals surface area contributed by atoms with Gasteiger partial charge in [-0.15, -0.1) is 0 Å². The van der Waals surface area contributed by atoms with Crippen LogP contribution in [0.15, 0.2) is 40.9 Å². The standard InChI is InChI=1S/C14H8BrF2NO/c15-12-3-2-11(6-14(12)17)19-8-10-5-9(7-18)1-4-13(10)16/h1-6H,8H2. The minimum Gasteiger partial charge on any atom is -0.489 e. The van der Waals surface area contributed by atoms with E-state index in [4.69, 9.17) is 10.00 Å². The highest BCUT2D eigenvalue weighted by Gasteiger charge is 2.06. The maximum Gasteiger partial charge on any atom is 0.141 e. The highest BCUT2D eigenvalue weighted by Crippen LogP contribution is 2.22. The number of rotatable bonds is 3. The van der Waals surface area contributed by atoms with E-state index in [0.717, 1.165) is 0 Å².